The van der Waals surface area contributed by atoms with E-state index in [0.717, 1.165) is 19.0 Å². The standard InChI is InChI=1S/C17H28N2S/c1-12(2)15-9-18-17(4,14-5-6-14)11-19(15)10-16-13(3)7-8-20-16/h7-8,12,14-15,18H,5-6,9-11H2,1-4H3. The van der Waals surface area contributed by atoms with Crippen molar-refractivity contribution in [2.24, 2.45) is 11.8 Å². The van der Waals surface area contributed by atoms with Crippen LogP contribution in [0.4, 0.5) is 0 Å². The van der Waals surface area contributed by atoms with Gasteiger partial charge in [0.15, 0.2) is 0 Å². The molecule has 2 fully saturated rings. The van der Waals surface area contributed by atoms with Gasteiger partial charge in [-0.15, -0.1) is 11.3 Å². The van der Waals surface area contributed by atoms with Crippen LogP contribution < -0.4 is 5.32 Å². The maximum absolute atomic E-state index is 3.87. The maximum Gasteiger partial charge on any atom is 0.0334 e. The quantitative estimate of drug-likeness (QED) is 0.911. The van der Waals surface area contributed by atoms with Gasteiger partial charge in [0.2, 0.25) is 0 Å². The van der Waals surface area contributed by atoms with Crippen LogP contribution in [0.2, 0.25) is 0 Å². The van der Waals surface area contributed by atoms with Crippen molar-refractivity contribution in [2.75, 3.05) is 13.1 Å². The molecule has 1 saturated carbocycles. The van der Waals surface area contributed by atoms with Gasteiger partial charge in [0.05, 0.1) is 0 Å². The molecular formula is C17H28N2S. The Kier molecular flexibility index (Phi) is 3.95. The van der Waals surface area contributed by atoms with Crippen LogP contribution in [0.1, 0.15) is 44.1 Å². The van der Waals surface area contributed by atoms with Gasteiger partial charge >= 0.3 is 0 Å². The molecule has 20 heavy (non-hydrogen) atoms. The zero-order valence-electron chi connectivity index (χ0n) is 13.3. The lowest BCUT2D eigenvalue weighted by Gasteiger charge is -2.48. The molecule has 1 saturated heterocycles. The first-order valence-electron chi connectivity index (χ1n) is 8.01. The molecule has 2 unspecified atom stereocenters. The molecule has 0 bridgehead atoms. The molecule has 0 spiro atoms. The molecule has 2 heterocycles. The third-order valence-corrected chi connectivity index (χ3v) is 6.29. The van der Waals surface area contributed by atoms with E-state index in [1.807, 2.05) is 11.3 Å². The van der Waals surface area contributed by atoms with E-state index in [2.05, 4.69) is 49.4 Å². The van der Waals surface area contributed by atoms with Crippen molar-refractivity contribution in [1.82, 2.24) is 10.2 Å². The number of rotatable bonds is 4. The molecule has 1 aliphatic heterocycles. The van der Waals surface area contributed by atoms with Gasteiger partial charge in [-0.1, -0.05) is 13.8 Å². The van der Waals surface area contributed by atoms with Gasteiger partial charge in [-0.25, -0.2) is 0 Å². The third kappa shape index (κ3) is 2.81. The second-order valence-corrected chi connectivity index (χ2v) is 8.32. The van der Waals surface area contributed by atoms with Crippen LogP contribution in [-0.4, -0.2) is 29.6 Å². The van der Waals surface area contributed by atoms with Crippen molar-refractivity contribution in [2.45, 2.75) is 58.7 Å². The molecule has 2 atom stereocenters. The van der Waals surface area contributed by atoms with E-state index in [-0.39, 0.29) is 0 Å². The molecule has 112 valence electrons. The number of hydrogen-bond acceptors (Lipinski definition) is 3. The number of aryl methyl sites for hydroxylation is 1. The molecule has 1 aromatic heterocycles. The van der Waals surface area contributed by atoms with Crippen molar-refractivity contribution in [3.8, 4) is 0 Å². The van der Waals surface area contributed by atoms with Crippen LogP contribution in [0, 0.1) is 18.8 Å². The first kappa shape index (κ1) is 14.6. The summed E-state index contributed by atoms with van der Waals surface area (Å²) in [6.07, 6.45) is 2.84. The van der Waals surface area contributed by atoms with Crippen molar-refractivity contribution >= 4 is 11.3 Å². The van der Waals surface area contributed by atoms with Gasteiger partial charge in [0, 0.05) is 36.1 Å². The van der Waals surface area contributed by atoms with Gasteiger partial charge in [-0.3, -0.25) is 4.90 Å². The topological polar surface area (TPSA) is 15.3 Å². The third-order valence-electron chi connectivity index (χ3n) is 5.28. The van der Waals surface area contributed by atoms with Gasteiger partial charge in [-0.2, -0.15) is 0 Å². The molecule has 2 nitrogen and oxygen atoms in total. The van der Waals surface area contributed by atoms with Crippen LogP contribution in [0.5, 0.6) is 0 Å². The minimum Gasteiger partial charge on any atom is -0.308 e. The molecule has 0 amide bonds. The summed E-state index contributed by atoms with van der Waals surface area (Å²) in [5.74, 6) is 1.62. The fraction of sp³-hybridized carbons (Fsp3) is 0.765. The van der Waals surface area contributed by atoms with Crippen molar-refractivity contribution in [3.63, 3.8) is 0 Å². The van der Waals surface area contributed by atoms with Crippen molar-refractivity contribution in [3.05, 3.63) is 21.9 Å². The molecule has 1 aromatic rings. The predicted molar refractivity (Wildman–Crippen MR) is 87.2 cm³/mol. The van der Waals surface area contributed by atoms with E-state index in [1.165, 1.54) is 24.9 Å². The fourth-order valence-electron chi connectivity index (χ4n) is 3.64. The monoisotopic (exact) mass is 292 g/mol. The van der Waals surface area contributed by atoms with E-state index in [4.69, 9.17) is 0 Å². The Morgan fingerprint density at radius 3 is 2.75 bits per heavy atom. The summed E-state index contributed by atoms with van der Waals surface area (Å²) in [5, 5.41) is 6.11. The van der Waals surface area contributed by atoms with E-state index in [9.17, 15) is 0 Å². The Balaban J connectivity index is 1.77. The number of hydrogen-bond donors (Lipinski definition) is 1. The van der Waals surface area contributed by atoms with E-state index in [1.54, 1.807) is 4.88 Å². The fourth-order valence-corrected chi connectivity index (χ4v) is 4.57. The van der Waals surface area contributed by atoms with E-state index >= 15 is 0 Å². The van der Waals surface area contributed by atoms with Crippen molar-refractivity contribution in [1.29, 1.82) is 0 Å². The molecular weight excluding hydrogens is 264 g/mol. The van der Waals surface area contributed by atoms with Crippen LogP contribution in [0.25, 0.3) is 0 Å². The Morgan fingerprint density at radius 2 is 2.20 bits per heavy atom. The average Bonchev–Trinajstić information content (AvgIpc) is 3.16. The number of piperazine rings is 1. The molecule has 0 radical (unpaired) electrons. The Bertz CT molecular complexity index is 463. The Morgan fingerprint density at radius 1 is 1.45 bits per heavy atom. The van der Waals surface area contributed by atoms with Crippen LogP contribution in [-0.2, 0) is 6.54 Å². The second-order valence-electron chi connectivity index (χ2n) is 7.32. The molecule has 2 aliphatic rings. The zero-order chi connectivity index (χ0) is 14.3. The Labute approximate surface area is 127 Å². The molecule has 3 rings (SSSR count). The lowest BCUT2D eigenvalue weighted by molar-refractivity contribution is 0.0469. The van der Waals surface area contributed by atoms with Crippen molar-refractivity contribution < 1.29 is 0 Å². The smallest absolute Gasteiger partial charge is 0.0334 e. The first-order valence-corrected chi connectivity index (χ1v) is 8.89. The first-order chi connectivity index (χ1) is 9.49. The highest BCUT2D eigenvalue weighted by molar-refractivity contribution is 7.10. The normalized spacial score (nSPS) is 31.9. The summed E-state index contributed by atoms with van der Waals surface area (Å²) in [5.41, 5.74) is 1.81. The zero-order valence-corrected chi connectivity index (χ0v) is 14.1. The SMILES string of the molecule is Cc1ccsc1CN1CC(C)(C2CC2)NCC1C(C)C. The van der Waals surface area contributed by atoms with E-state index in [0.29, 0.717) is 17.5 Å². The lowest BCUT2D eigenvalue weighted by atomic mass is 9.88. The van der Waals surface area contributed by atoms with Gasteiger partial charge in [0.25, 0.3) is 0 Å². The summed E-state index contributed by atoms with van der Waals surface area (Å²) in [4.78, 5) is 4.30. The summed E-state index contributed by atoms with van der Waals surface area (Å²) in [6, 6.07) is 2.93. The second kappa shape index (κ2) is 5.43. The highest BCUT2D eigenvalue weighted by atomic mass is 32.1. The lowest BCUT2D eigenvalue weighted by Crippen LogP contribution is -2.64. The molecule has 1 aliphatic carbocycles. The largest absolute Gasteiger partial charge is 0.308 e. The van der Waals surface area contributed by atoms with Gasteiger partial charge in [0.1, 0.15) is 0 Å². The van der Waals surface area contributed by atoms with Crippen LogP contribution in [0.3, 0.4) is 0 Å². The summed E-state index contributed by atoms with van der Waals surface area (Å²) in [6.45, 7) is 12.9. The Hall–Kier alpha value is -0.380. The van der Waals surface area contributed by atoms with Crippen LogP contribution in [0.15, 0.2) is 11.4 Å². The van der Waals surface area contributed by atoms with Gasteiger partial charge in [-0.05, 0) is 55.5 Å². The maximum atomic E-state index is 3.87. The highest BCUT2D eigenvalue weighted by Gasteiger charge is 2.46. The number of nitrogens with zero attached hydrogens (tertiary/aromatic N) is 1. The number of nitrogens with one attached hydrogen (secondary N) is 1. The van der Waals surface area contributed by atoms with Gasteiger partial charge < -0.3 is 5.32 Å². The van der Waals surface area contributed by atoms with E-state index < -0.39 is 0 Å². The van der Waals surface area contributed by atoms with Crippen LogP contribution >= 0.6 is 11.3 Å². The molecule has 1 N–H and O–H groups in total. The summed E-state index contributed by atoms with van der Waals surface area (Å²) >= 11 is 1.92. The average molecular weight is 292 g/mol. The summed E-state index contributed by atoms with van der Waals surface area (Å²) in [7, 11) is 0. The predicted octanol–water partition coefficient (Wildman–Crippen LogP) is 3.66. The minimum absolute atomic E-state index is 0.344. The molecule has 0 aromatic carbocycles. The minimum atomic E-state index is 0.344. The highest BCUT2D eigenvalue weighted by Crippen LogP contribution is 2.42. The summed E-state index contributed by atoms with van der Waals surface area (Å²) < 4.78 is 0. The number of thiophene rings is 1. The molecule has 3 heteroatoms.